The summed E-state index contributed by atoms with van der Waals surface area (Å²) in [5.41, 5.74) is -1.61. The average Bonchev–Trinajstić information content (AvgIpc) is 2.41. The number of aromatic nitrogens is 2. The van der Waals surface area contributed by atoms with Gasteiger partial charge < -0.3 is 5.11 Å². The van der Waals surface area contributed by atoms with E-state index < -0.39 is 23.5 Å². The topological polar surface area (TPSA) is 55.1 Å². The molecule has 0 aliphatic rings. The Hall–Kier alpha value is -1.18. The normalized spacial score (nSPS) is 11.8. The van der Waals surface area contributed by atoms with E-state index >= 15 is 0 Å². The number of hydrogen-bond donors (Lipinski definition) is 1. The quantitative estimate of drug-likeness (QED) is 0.801. The monoisotopic (exact) mass is 240 g/mol. The van der Waals surface area contributed by atoms with Gasteiger partial charge in [0, 0.05) is 7.05 Å². The third-order valence-corrected chi connectivity index (χ3v) is 2.47. The SMILES string of the molecule is CSc1c(C(F)(F)F)nn(C)c1C(=O)O. The maximum atomic E-state index is 12.4. The van der Waals surface area contributed by atoms with Crippen LogP contribution in [0.1, 0.15) is 16.2 Å². The third-order valence-electron chi connectivity index (χ3n) is 1.68. The van der Waals surface area contributed by atoms with Crippen LogP contribution in [-0.4, -0.2) is 27.1 Å². The van der Waals surface area contributed by atoms with Crippen LogP contribution in [-0.2, 0) is 13.2 Å². The summed E-state index contributed by atoms with van der Waals surface area (Å²) in [7, 11) is 1.17. The van der Waals surface area contributed by atoms with Gasteiger partial charge >= 0.3 is 12.1 Å². The summed E-state index contributed by atoms with van der Waals surface area (Å²) in [5, 5.41) is 11.9. The molecule has 1 rings (SSSR count). The van der Waals surface area contributed by atoms with Gasteiger partial charge in [-0.1, -0.05) is 0 Å². The summed E-state index contributed by atoms with van der Waals surface area (Å²) in [4.78, 5) is 10.3. The van der Waals surface area contributed by atoms with Gasteiger partial charge in [-0.25, -0.2) is 4.79 Å². The van der Waals surface area contributed by atoms with Crippen molar-refractivity contribution in [2.45, 2.75) is 11.1 Å². The van der Waals surface area contributed by atoms with Crippen molar-refractivity contribution in [3.8, 4) is 0 Å². The lowest BCUT2D eigenvalue weighted by molar-refractivity contribution is -0.143. The van der Waals surface area contributed by atoms with Crippen molar-refractivity contribution in [3.05, 3.63) is 11.4 Å². The van der Waals surface area contributed by atoms with Crippen LogP contribution in [0.5, 0.6) is 0 Å². The van der Waals surface area contributed by atoms with Crippen molar-refractivity contribution < 1.29 is 23.1 Å². The molecule has 1 aromatic rings. The molecular weight excluding hydrogens is 233 g/mol. The van der Waals surface area contributed by atoms with Gasteiger partial charge in [-0.2, -0.15) is 18.3 Å². The van der Waals surface area contributed by atoms with Crippen LogP contribution in [0.25, 0.3) is 0 Å². The largest absolute Gasteiger partial charge is 0.476 e. The Morgan fingerprint density at radius 1 is 1.53 bits per heavy atom. The fourth-order valence-corrected chi connectivity index (χ4v) is 1.88. The number of thioether (sulfide) groups is 1. The Bertz CT molecular complexity index is 400. The fourth-order valence-electron chi connectivity index (χ4n) is 1.12. The first-order valence-electron chi connectivity index (χ1n) is 3.70. The van der Waals surface area contributed by atoms with Crippen LogP contribution in [0.3, 0.4) is 0 Å². The van der Waals surface area contributed by atoms with E-state index in [1.165, 1.54) is 13.3 Å². The molecule has 0 saturated heterocycles. The standard InChI is InChI=1S/C7H7F3N2O2S/c1-12-3(6(13)14)4(15-2)5(11-12)7(8,9)10/h1-2H3,(H,13,14). The lowest BCUT2D eigenvalue weighted by Gasteiger charge is -2.03. The van der Waals surface area contributed by atoms with E-state index in [4.69, 9.17) is 5.11 Å². The van der Waals surface area contributed by atoms with Crippen LogP contribution >= 0.6 is 11.8 Å². The maximum Gasteiger partial charge on any atom is 0.436 e. The number of carboxylic acid groups (broad SMARTS) is 1. The van der Waals surface area contributed by atoms with Gasteiger partial charge in [0.1, 0.15) is 0 Å². The Balaban J connectivity index is 3.45. The van der Waals surface area contributed by atoms with Crippen molar-refractivity contribution in [1.82, 2.24) is 9.78 Å². The number of carbonyl (C=O) groups is 1. The Morgan fingerprint density at radius 3 is 2.40 bits per heavy atom. The smallest absolute Gasteiger partial charge is 0.436 e. The molecule has 15 heavy (non-hydrogen) atoms. The molecule has 0 fully saturated rings. The van der Waals surface area contributed by atoms with E-state index in [0.29, 0.717) is 11.8 Å². The summed E-state index contributed by atoms with van der Waals surface area (Å²) in [6, 6.07) is 0. The molecular formula is C7H7F3N2O2S. The minimum Gasteiger partial charge on any atom is -0.476 e. The first-order chi connectivity index (χ1) is 6.79. The molecule has 1 heterocycles. The summed E-state index contributed by atoms with van der Waals surface area (Å²) in [6.45, 7) is 0. The number of aromatic carboxylic acids is 1. The molecule has 0 spiro atoms. The molecule has 0 unspecified atom stereocenters. The lowest BCUT2D eigenvalue weighted by Crippen LogP contribution is -2.07. The van der Waals surface area contributed by atoms with Crippen LogP contribution in [0, 0.1) is 0 Å². The molecule has 0 aliphatic heterocycles. The van der Waals surface area contributed by atoms with Gasteiger partial charge in [-0.3, -0.25) is 4.68 Å². The highest BCUT2D eigenvalue weighted by Gasteiger charge is 2.39. The van der Waals surface area contributed by atoms with E-state index in [9.17, 15) is 18.0 Å². The fraction of sp³-hybridized carbons (Fsp3) is 0.429. The van der Waals surface area contributed by atoms with Gasteiger partial charge in [-0.15, -0.1) is 11.8 Å². The van der Waals surface area contributed by atoms with E-state index in [0.717, 1.165) is 4.68 Å². The molecule has 8 heteroatoms. The molecule has 0 saturated carbocycles. The van der Waals surface area contributed by atoms with Crippen molar-refractivity contribution in [2.75, 3.05) is 6.26 Å². The van der Waals surface area contributed by atoms with E-state index in [1.54, 1.807) is 0 Å². The van der Waals surface area contributed by atoms with Crippen molar-refractivity contribution in [2.24, 2.45) is 7.05 Å². The zero-order valence-corrected chi connectivity index (χ0v) is 8.61. The lowest BCUT2D eigenvalue weighted by atomic mass is 10.3. The zero-order valence-electron chi connectivity index (χ0n) is 7.79. The molecule has 0 aliphatic carbocycles. The molecule has 4 nitrogen and oxygen atoms in total. The Kier molecular flexibility index (Phi) is 2.98. The molecule has 0 amide bonds. The highest BCUT2D eigenvalue weighted by Crippen LogP contribution is 2.36. The number of alkyl halides is 3. The highest BCUT2D eigenvalue weighted by molar-refractivity contribution is 7.98. The third kappa shape index (κ3) is 2.09. The van der Waals surface area contributed by atoms with Gasteiger partial charge in [-0.05, 0) is 6.26 Å². The second-order valence-electron chi connectivity index (χ2n) is 2.66. The van der Waals surface area contributed by atoms with Crippen LogP contribution in [0.2, 0.25) is 0 Å². The predicted octanol–water partition coefficient (Wildman–Crippen LogP) is 1.86. The summed E-state index contributed by atoms with van der Waals surface area (Å²) in [6.07, 6.45) is -3.26. The summed E-state index contributed by atoms with van der Waals surface area (Å²) in [5.74, 6) is -1.43. The minimum atomic E-state index is -4.64. The number of aryl methyl sites for hydroxylation is 1. The highest BCUT2D eigenvalue weighted by atomic mass is 32.2. The Labute approximate surface area is 87.1 Å². The second kappa shape index (κ2) is 3.76. The van der Waals surface area contributed by atoms with Gasteiger partial charge in [0.15, 0.2) is 11.4 Å². The molecule has 1 N–H and O–H groups in total. The van der Waals surface area contributed by atoms with E-state index in [2.05, 4.69) is 5.10 Å². The number of hydrogen-bond acceptors (Lipinski definition) is 3. The Morgan fingerprint density at radius 2 is 2.07 bits per heavy atom. The minimum absolute atomic E-state index is 0.363. The molecule has 0 atom stereocenters. The summed E-state index contributed by atoms with van der Waals surface area (Å²) < 4.78 is 37.9. The van der Waals surface area contributed by atoms with E-state index in [1.807, 2.05) is 0 Å². The van der Waals surface area contributed by atoms with Crippen molar-refractivity contribution in [1.29, 1.82) is 0 Å². The van der Waals surface area contributed by atoms with Crippen LogP contribution in [0.4, 0.5) is 13.2 Å². The molecule has 0 radical (unpaired) electrons. The molecule has 84 valence electrons. The van der Waals surface area contributed by atoms with Gasteiger partial charge in [0.2, 0.25) is 0 Å². The van der Waals surface area contributed by atoms with Crippen LogP contribution < -0.4 is 0 Å². The summed E-state index contributed by atoms with van der Waals surface area (Å²) >= 11 is 0.714. The molecule has 0 aromatic carbocycles. The zero-order chi connectivity index (χ0) is 11.8. The van der Waals surface area contributed by atoms with Crippen molar-refractivity contribution in [3.63, 3.8) is 0 Å². The predicted molar refractivity (Wildman–Crippen MR) is 47.0 cm³/mol. The number of carboxylic acids is 1. The van der Waals surface area contributed by atoms with Crippen LogP contribution in [0.15, 0.2) is 4.90 Å². The number of halogens is 3. The van der Waals surface area contributed by atoms with Gasteiger partial charge in [0.05, 0.1) is 4.90 Å². The molecule has 1 aromatic heterocycles. The first kappa shape index (κ1) is 11.9. The average molecular weight is 240 g/mol. The second-order valence-corrected chi connectivity index (χ2v) is 3.47. The first-order valence-corrected chi connectivity index (χ1v) is 4.93. The molecule has 0 bridgehead atoms. The number of rotatable bonds is 2. The van der Waals surface area contributed by atoms with E-state index in [-0.39, 0.29) is 4.90 Å². The maximum absolute atomic E-state index is 12.4. The van der Waals surface area contributed by atoms with Gasteiger partial charge in [0.25, 0.3) is 0 Å². The number of nitrogens with zero attached hydrogens (tertiary/aromatic N) is 2. The van der Waals surface area contributed by atoms with Crippen molar-refractivity contribution >= 4 is 17.7 Å².